The van der Waals surface area contributed by atoms with Gasteiger partial charge >= 0.3 is 5.97 Å². The van der Waals surface area contributed by atoms with E-state index in [9.17, 15) is 4.79 Å². The Morgan fingerprint density at radius 3 is 2.40 bits per heavy atom. The van der Waals surface area contributed by atoms with Crippen LogP contribution in [0.5, 0.6) is 5.75 Å². The lowest BCUT2D eigenvalue weighted by molar-refractivity contribution is -0.136. The molecule has 0 fully saturated rings. The van der Waals surface area contributed by atoms with Gasteiger partial charge in [-0.3, -0.25) is 4.90 Å². The van der Waals surface area contributed by atoms with Crippen molar-refractivity contribution in [2.24, 2.45) is 0 Å². The fraction of sp³-hybridized carbons (Fsp3) is 0.167. The summed E-state index contributed by atoms with van der Waals surface area (Å²) in [5, 5.41) is 6.04. The number of carbonyl (C=O) groups is 1. The normalized spacial score (nSPS) is 16.4. The van der Waals surface area contributed by atoms with Gasteiger partial charge in [-0.15, -0.1) is 0 Å². The van der Waals surface area contributed by atoms with E-state index in [2.05, 4.69) is 23.5 Å². The summed E-state index contributed by atoms with van der Waals surface area (Å²) in [5.74, 6) is 0.358. The van der Waals surface area contributed by atoms with Crippen LogP contribution in [-0.2, 0) is 9.53 Å². The number of hydrogen-bond acceptors (Lipinski definition) is 4. The summed E-state index contributed by atoms with van der Waals surface area (Å²) in [5.41, 5.74) is 3.07. The smallest absolute Gasteiger partial charge is 0.337 e. The maximum Gasteiger partial charge on any atom is 0.337 e. The van der Waals surface area contributed by atoms with Gasteiger partial charge in [-0.05, 0) is 59.7 Å². The third-order valence-electron chi connectivity index (χ3n) is 5.36. The first kappa shape index (κ1) is 19.9. The lowest BCUT2D eigenvalue weighted by Crippen LogP contribution is -2.48. The number of nitrogens with one attached hydrogen (secondary N) is 1. The lowest BCUT2D eigenvalue weighted by Gasteiger charge is -2.37. The number of methoxy groups -OCH3 is 2. The monoisotopic (exact) mass is 418 g/mol. The van der Waals surface area contributed by atoms with E-state index in [0.717, 1.165) is 33.5 Å². The molecule has 0 aliphatic carbocycles. The molecule has 1 aliphatic heterocycles. The van der Waals surface area contributed by atoms with Gasteiger partial charge in [0.05, 0.1) is 25.8 Å². The van der Waals surface area contributed by atoms with Gasteiger partial charge in [-0.2, -0.15) is 0 Å². The Morgan fingerprint density at radius 1 is 1.00 bits per heavy atom. The molecule has 0 saturated heterocycles. The summed E-state index contributed by atoms with van der Waals surface area (Å²) in [6.45, 7) is 1.89. The van der Waals surface area contributed by atoms with Crippen LogP contribution in [0.4, 0.5) is 5.69 Å². The van der Waals surface area contributed by atoms with Crippen LogP contribution >= 0.6 is 12.2 Å². The molecule has 0 amide bonds. The minimum atomic E-state index is -0.412. The number of carbonyl (C=O) groups excluding carboxylic acids is 1. The van der Waals surface area contributed by atoms with Gasteiger partial charge in [0.25, 0.3) is 0 Å². The number of benzene rings is 3. The van der Waals surface area contributed by atoms with Gasteiger partial charge < -0.3 is 14.8 Å². The van der Waals surface area contributed by atoms with Crippen LogP contribution in [-0.4, -0.2) is 25.3 Å². The van der Waals surface area contributed by atoms with Gasteiger partial charge in [0, 0.05) is 11.4 Å². The largest absolute Gasteiger partial charge is 0.497 e. The quantitative estimate of drug-likeness (QED) is 0.488. The highest BCUT2D eigenvalue weighted by molar-refractivity contribution is 7.80. The molecule has 3 aromatic carbocycles. The highest BCUT2D eigenvalue weighted by Crippen LogP contribution is 2.37. The van der Waals surface area contributed by atoms with E-state index in [1.54, 1.807) is 7.11 Å². The Balaban J connectivity index is 1.87. The second-order valence-corrected chi connectivity index (χ2v) is 7.36. The zero-order valence-electron chi connectivity index (χ0n) is 17.0. The van der Waals surface area contributed by atoms with Crippen LogP contribution in [0.3, 0.4) is 0 Å². The SMILES string of the molecule is COC(=O)C1=C(C)N(c2ccc(OC)cc2)C(=S)N[C@@H]1c1cccc2ccccc12. The molecule has 0 aromatic heterocycles. The Bertz CT molecular complexity index is 1150. The third-order valence-corrected chi connectivity index (χ3v) is 5.66. The second kappa shape index (κ2) is 8.16. The molecule has 1 N–H and O–H groups in total. The fourth-order valence-electron chi connectivity index (χ4n) is 3.90. The molecule has 1 heterocycles. The minimum Gasteiger partial charge on any atom is -0.497 e. The van der Waals surface area contributed by atoms with Crippen molar-refractivity contribution in [2.75, 3.05) is 19.1 Å². The Kier molecular flexibility index (Phi) is 5.42. The number of thiocarbonyl (C=S) groups is 1. The average Bonchev–Trinajstić information content (AvgIpc) is 2.78. The van der Waals surface area contributed by atoms with E-state index < -0.39 is 6.04 Å². The molecule has 0 saturated carbocycles. The van der Waals surface area contributed by atoms with E-state index in [0.29, 0.717) is 10.7 Å². The minimum absolute atomic E-state index is 0.390. The van der Waals surface area contributed by atoms with Crippen molar-refractivity contribution in [3.63, 3.8) is 0 Å². The molecule has 0 bridgehead atoms. The molecular weight excluding hydrogens is 396 g/mol. The van der Waals surface area contributed by atoms with Crippen LogP contribution < -0.4 is 15.0 Å². The summed E-state index contributed by atoms with van der Waals surface area (Å²) in [6, 6.07) is 21.3. The van der Waals surface area contributed by atoms with Gasteiger partial charge in [0.1, 0.15) is 5.75 Å². The number of allylic oxidation sites excluding steroid dienone is 1. The number of esters is 1. The third kappa shape index (κ3) is 3.39. The predicted octanol–water partition coefficient (Wildman–Crippen LogP) is 4.73. The van der Waals surface area contributed by atoms with E-state index in [1.807, 2.05) is 60.4 Å². The van der Waals surface area contributed by atoms with Crippen molar-refractivity contribution >= 4 is 39.8 Å². The van der Waals surface area contributed by atoms with E-state index in [1.165, 1.54) is 7.11 Å². The molecule has 0 radical (unpaired) electrons. The van der Waals surface area contributed by atoms with Crippen molar-refractivity contribution < 1.29 is 14.3 Å². The number of fused-ring (bicyclic) bond motifs is 1. The number of anilines is 1. The first-order chi connectivity index (χ1) is 14.5. The molecule has 3 aromatic rings. The summed E-state index contributed by atoms with van der Waals surface area (Å²) < 4.78 is 10.4. The maximum absolute atomic E-state index is 12.9. The number of rotatable bonds is 4. The molecule has 0 unspecified atom stereocenters. The number of ether oxygens (including phenoxy) is 2. The summed E-state index contributed by atoms with van der Waals surface area (Å²) in [6.07, 6.45) is 0. The highest BCUT2D eigenvalue weighted by Gasteiger charge is 2.35. The summed E-state index contributed by atoms with van der Waals surface area (Å²) in [4.78, 5) is 14.7. The predicted molar refractivity (Wildman–Crippen MR) is 123 cm³/mol. The Hall–Kier alpha value is -3.38. The van der Waals surface area contributed by atoms with Gasteiger partial charge in [0.2, 0.25) is 0 Å². The molecule has 152 valence electrons. The average molecular weight is 419 g/mol. The first-order valence-corrected chi connectivity index (χ1v) is 9.97. The molecule has 30 heavy (non-hydrogen) atoms. The van der Waals surface area contributed by atoms with Gasteiger partial charge in [-0.1, -0.05) is 42.5 Å². The molecule has 6 heteroatoms. The van der Waals surface area contributed by atoms with Crippen LogP contribution in [0.2, 0.25) is 0 Å². The van der Waals surface area contributed by atoms with Crippen molar-refractivity contribution in [3.05, 3.63) is 83.6 Å². The van der Waals surface area contributed by atoms with Crippen LogP contribution in [0, 0.1) is 0 Å². The van der Waals surface area contributed by atoms with Gasteiger partial charge in [0.15, 0.2) is 5.11 Å². The number of hydrogen-bond donors (Lipinski definition) is 1. The van der Waals surface area contributed by atoms with Crippen LogP contribution in [0.25, 0.3) is 10.8 Å². The molecule has 1 atom stereocenters. The Morgan fingerprint density at radius 2 is 1.70 bits per heavy atom. The summed E-state index contributed by atoms with van der Waals surface area (Å²) >= 11 is 5.72. The molecule has 5 nitrogen and oxygen atoms in total. The van der Waals surface area contributed by atoms with E-state index >= 15 is 0 Å². The molecule has 0 spiro atoms. The van der Waals surface area contributed by atoms with Crippen molar-refractivity contribution in [2.45, 2.75) is 13.0 Å². The van der Waals surface area contributed by atoms with Crippen LogP contribution in [0.1, 0.15) is 18.5 Å². The molecule has 4 rings (SSSR count). The van der Waals surface area contributed by atoms with E-state index in [4.69, 9.17) is 21.7 Å². The summed E-state index contributed by atoms with van der Waals surface area (Å²) in [7, 11) is 3.02. The second-order valence-electron chi connectivity index (χ2n) is 6.97. The van der Waals surface area contributed by atoms with Crippen LogP contribution in [0.15, 0.2) is 78.0 Å². The topological polar surface area (TPSA) is 50.8 Å². The maximum atomic E-state index is 12.9. The van der Waals surface area contributed by atoms with Gasteiger partial charge in [-0.25, -0.2) is 4.79 Å². The van der Waals surface area contributed by atoms with Crippen molar-refractivity contribution in [1.29, 1.82) is 0 Å². The lowest BCUT2D eigenvalue weighted by atomic mass is 9.91. The number of nitrogens with zero attached hydrogens (tertiary/aromatic N) is 1. The van der Waals surface area contributed by atoms with Crippen molar-refractivity contribution in [1.82, 2.24) is 5.32 Å². The first-order valence-electron chi connectivity index (χ1n) is 9.56. The zero-order chi connectivity index (χ0) is 21.3. The Labute approximate surface area is 180 Å². The molecule has 1 aliphatic rings. The van der Waals surface area contributed by atoms with E-state index in [-0.39, 0.29) is 5.97 Å². The fourth-order valence-corrected chi connectivity index (χ4v) is 4.26. The van der Waals surface area contributed by atoms with Crippen molar-refractivity contribution in [3.8, 4) is 5.75 Å². The zero-order valence-corrected chi connectivity index (χ0v) is 17.8. The standard InChI is InChI=1S/C24H22N2O3S/c1-15-21(23(27)29-3)22(20-10-6-8-16-7-4-5-9-19(16)20)25-24(30)26(15)17-11-13-18(28-2)14-12-17/h4-14,22H,1-3H3,(H,25,30)/t22-/m1/s1. The molecular formula is C24H22N2O3S. The highest BCUT2D eigenvalue weighted by atomic mass is 32.1.